The molecule has 0 aliphatic carbocycles. The third-order valence-electron chi connectivity index (χ3n) is 7.89. The van der Waals surface area contributed by atoms with E-state index in [4.69, 9.17) is 14.2 Å². The molecule has 2 aromatic carbocycles. The molecule has 206 valence electrons. The lowest BCUT2D eigenvalue weighted by molar-refractivity contribution is -0.152. The lowest BCUT2D eigenvalue weighted by Crippen LogP contribution is -2.57. The van der Waals surface area contributed by atoms with Gasteiger partial charge in [-0.25, -0.2) is 9.59 Å². The van der Waals surface area contributed by atoms with Gasteiger partial charge in [-0.05, 0) is 52.6 Å². The minimum absolute atomic E-state index is 0.156. The summed E-state index contributed by atoms with van der Waals surface area (Å²) < 4.78 is 16.7. The van der Waals surface area contributed by atoms with Gasteiger partial charge in [-0.1, -0.05) is 63.9 Å². The van der Waals surface area contributed by atoms with E-state index in [0.29, 0.717) is 0 Å². The maximum atomic E-state index is 14.1. The predicted molar refractivity (Wildman–Crippen MR) is 145 cm³/mol. The summed E-state index contributed by atoms with van der Waals surface area (Å²) in [5.41, 5.74) is 0.610. The van der Waals surface area contributed by atoms with Gasteiger partial charge in [0.15, 0.2) is 0 Å². The molecule has 0 aromatic heterocycles. The van der Waals surface area contributed by atoms with Gasteiger partial charge >= 0.3 is 12.1 Å². The summed E-state index contributed by atoms with van der Waals surface area (Å²) in [5, 5.41) is 5.07. The normalized spacial score (nSPS) is 25.4. The third-order valence-corrected chi connectivity index (χ3v) is 7.89. The van der Waals surface area contributed by atoms with Crippen molar-refractivity contribution in [3.63, 3.8) is 0 Å². The van der Waals surface area contributed by atoms with Crippen LogP contribution < -0.4 is 5.32 Å². The molecule has 1 saturated heterocycles. The maximum Gasteiger partial charge on any atom is 0.407 e. The number of aryl methyl sites for hydroxylation is 1. The first-order valence-electron chi connectivity index (χ1n) is 13.5. The zero-order valence-corrected chi connectivity index (χ0v) is 23.2. The molecular weight excluding hydrogens is 484 g/mol. The summed E-state index contributed by atoms with van der Waals surface area (Å²) in [6, 6.07) is 10.8. The molecule has 0 saturated carbocycles. The first kappa shape index (κ1) is 27.9. The van der Waals surface area contributed by atoms with Gasteiger partial charge in [-0.2, -0.15) is 0 Å². The molecule has 0 unspecified atom stereocenters. The smallest absolute Gasteiger partial charge is 0.407 e. The van der Waals surface area contributed by atoms with Crippen molar-refractivity contribution in [3.05, 3.63) is 47.5 Å². The van der Waals surface area contributed by atoms with E-state index < -0.39 is 35.2 Å². The number of ether oxygens (including phenoxy) is 3. The Morgan fingerprint density at radius 2 is 1.82 bits per heavy atom. The second-order valence-corrected chi connectivity index (χ2v) is 11.5. The molecule has 1 fully saturated rings. The van der Waals surface area contributed by atoms with Crippen LogP contribution in [0.3, 0.4) is 0 Å². The van der Waals surface area contributed by atoms with Gasteiger partial charge in [0.25, 0.3) is 0 Å². The molecule has 38 heavy (non-hydrogen) atoms. The molecule has 0 radical (unpaired) electrons. The molecule has 1 N–H and O–H groups in total. The number of nitrogens with one attached hydrogen (secondary N) is 1. The van der Waals surface area contributed by atoms with E-state index in [1.54, 1.807) is 7.11 Å². The Morgan fingerprint density at radius 1 is 1.08 bits per heavy atom. The number of rotatable bonds is 2. The highest BCUT2D eigenvalue weighted by Crippen LogP contribution is 2.42. The molecule has 4 rings (SSSR count). The average molecular weight is 525 g/mol. The van der Waals surface area contributed by atoms with Crippen LogP contribution in [0.4, 0.5) is 4.79 Å². The number of carbonyl (C=O) groups is 3. The van der Waals surface area contributed by atoms with Crippen LogP contribution in [-0.2, 0) is 35.8 Å². The molecule has 2 aliphatic rings. The zero-order valence-electron chi connectivity index (χ0n) is 23.2. The van der Waals surface area contributed by atoms with E-state index in [-0.39, 0.29) is 25.5 Å². The Labute approximate surface area is 225 Å². The van der Waals surface area contributed by atoms with Crippen molar-refractivity contribution in [1.82, 2.24) is 10.2 Å². The van der Waals surface area contributed by atoms with E-state index in [9.17, 15) is 14.4 Å². The minimum Gasteiger partial charge on any atom is -0.467 e. The third kappa shape index (κ3) is 5.65. The van der Waals surface area contributed by atoms with Gasteiger partial charge < -0.3 is 24.4 Å². The second kappa shape index (κ2) is 11.3. The lowest BCUT2D eigenvalue weighted by Gasteiger charge is -2.35. The fourth-order valence-corrected chi connectivity index (χ4v) is 5.70. The Balaban J connectivity index is 1.84. The molecule has 2 amide bonds. The number of alkyl carbamates (subject to hydrolysis) is 1. The highest BCUT2D eigenvalue weighted by Gasteiger charge is 2.53. The van der Waals surface area contributed by atoms with Gasteiger partial charge in [-0.3, -0.25) is 4.79 Å². The van der Waals surface area contributed by atoms with Crippen molar-refractivity contribution in [1.29, 1.82) is 0 Å². The van der Waals surface area contributed by atoms with Crippen molar-refractivity contribution < 1.29 is 28.6 Å². The van der Waals surface area contributed by atoms with Crippen LogP contribution in [0, 0.1) is 5.41 Å². The summed E-state index contributed by atoms with van der Waals surface area (Å²) in [4.78, 5) is 41.2. The number of cyclic esters (lactones) is 1. The van der Waals surface area contributed by atoms with E-state index in [2.05, 4.69) is 29.6 Å². The number of amides is 2. The van der Waals surface area contributed by atoms with Crippen LogP contribution in [0.2, 0.25) is 0 Å². The van der Waals surface area contributed by atoms with Crippen molar-refractivity contribution in [3.8, 4) is 0 Å². The highest BCUT2D eigenvalue weighted by atomic mass is 16.5. The Bertz CT molecular complexity index is 1190. The van der Waals surface area contributed by atoms with E-state index >= 15 is 0 Å². The van der Waals surface area contributed by atoms with Crippen LogP contribution in [0.15, 0.2) is 36.4 Å². The van der Waals surface area contributed by atoms with Crippen molar-refractivity contribution >= 4 is 28.7 Å². The number of esters is 1. The van der Waals surface area contributed by atoms with Gasteiger partial charge in [0.1, 0.15) is 17.7 Å². The minimum atomic E-state index is -0.913. The topological polar surface area (TPSA) is 94.2 Å². The summed E-state index contributed by atoms with van der Waals surface area (Å²) in [6.45, 7) is 6.07. The summed E-state index contributed by atoms with van der Waals surface area (Å²) in [5.74, 6) is -0.878. The average Bonchev–Trinajstić information content (AvgIpc) is 3.30. The highest BCUT2D eigenvalue weighted by molar-refractivity contribution is 5.91. The summed E-state index contributed by atoms with van der Waals surface area (Å²) in [7, 11) is 2.94. The molecule has 8 nitrogen and oxygen atoms in total. The maximum absolute atomic E-state index is 14.1. The van der Waals surface area contributed by atoms with Crippen LogP contribution in [0.5, 0.6) is 0 Å². The van der Waals surface area contributed by atoms with Gasteiger partial charge in [0.2, 0.25) is 5.91 Å². The lowest BCUT2D eigenvalue weighted by atomic mass is 9.85. The standard InChI is InChI=1S/C30H40N2O6/c1-29(2,3)25-26(33)32-19-30(37-5,18-24(32)27(34)36-4)22-16-20(23-14-10-9-13-21(23)17-22)12-8-6-7-11-15-38-28(35)31-25/h9-10,13-14,16-17,24-25H,6-8,11-12,15,18-19H2,1-5H3,(H,31,35)/t24-,25+,30-/m0/s1. The Hall–Kier alpha value is -3.13. The fourth-order valence-electron chi connectivity index (χ4n) is 5.70. The van der Waals surface area contributed by atoms with E-state index in [0.717, 1.165) is 43.1 Å². The quantitative estimate of drug-likeness (QED) is 0.572. The van der Waals surface area contributed by atoms with Crippen molar-refractivity contribution in [2.24, 2.45) is 5.41 Å². The first-order valence-corrected chi connectivity index (χ1v) is 13.5. The van der Waals surface area contributed by atoms with E-state index in [1.165, 1.54) is 23.0 Å². The zero-order chi connectivity index (χ0) is 27.5. The van der Waals surface area contributed by atoms with Crippen LogP contribution in [-0.4, -0.2) is 62.3 Å². The molecule has 0 spiro atoms. The molecule has 2 aliphatic heterocycles. The predicted octanol–water partition coefficient (Wildman–Crippen LogP) is 4.71. The van der Waals surface area contributed by atoms with Crippen molar-refractivity contribution in [2.75, 3.05) is 27.4 Å². The number of nitrogens with zero attached hydrogens (tertiary/aromatic N) is 1. The SMILES string of the molecule is COC(=O)[C@@H]1C[C@]2(OC)CN1C(=O)[C@H](C(C)(C)C)NC(=O)OCCCCCCc1cc2cc2ccccc12. The summed E-state index contributed by atoms with van der Waals surface area (Å²) in [6.07, 6.45) is 4.23. The number of methoxy groups -OCH3 is 2. The largest absolute Gasteiger partial charge is 0.467 e. The van der Waals surface area contributed by atoms with Gasteiger partial charge in [-0.15, -0.1) is 0 Å². The molecule has 2 heterocycles. The summed E-state index contributed by atoms with van der Waals surface area (Å²) >= 11 is 0. The van der Waals surface area contributed by atoms with Crippen molar-refractivity contribution in [2.45, 2.75) is 77.0 Å². The van der Waals surface area contributed by atoms with Gasteiger partial charge in [0, 0.05) is 13.5 Å². The molecular formula is C30H40N2O6. The Kier molecular flexibility index (Phi) is 8.31. The molecule has 2 aromatic rings. The number of benzene rings is 2. The fraction of sp³-hybridized carbons (Fsp3) is 0.567. The van der Waals surface area contributed by atoms with E-state index in [1.807, 2.05) is 32.9 Å². The second-order valence-electron chi connectivity index (χ2n) is 11.5. The number of carbonyl (C=O) groups excluding carboxylic acids is 3. The van der Waals surface area contributed by atoms with Crippen LogP contribution in [0.1, 0.15) is 64.0 Å². The molecule has 4 bridgehead atoms. The molecule has 8 heteroatoms. The first-order chi connectivity index (χ1) is 18.1. The van der Waals surface area contributed by atoms with Gasteiger partial charge in [0.05, 0.1) is 20.3 Å². The molecule has 3 atom stereocenters. The Morgan fingerprint density at radius 3 is 2.53 bits per heavy atom. The van der Waals surface area contributed by atoms with Crippen LogP contribution >= 0.6 is 0 Å². The number of hydrogen-bond donors (Lipinski definition) is 1. The monoisotopic (exact) mass is 524 g/mol. The van der Waals surface area contributed by atoms with Crippen LogP contribution in [0.25, 0.3) is 10.8 Å². The number of hydrogen-bond acceptors (Lipinski definition) is 6. The number of fused-ring (bicyclic) bond motifs is 7.